The number of hydrogen-bond acceptors (Lipinski definition) is 7. The molecular formula is C62H112NO8+. The first-order chi connectivity index (χ1) is 34.6. The second-order valence-corrected chi connectivity index (χ2v) is 20.9. The lowest BCUT2D eigenvalue weighted by atomic mass is 10.0. The van der Waals surface area contributed by atoms with E-state index in [1.165, 1.54) is 148 Å². The Morgan fingerprint density at radius 3 is 1.20 bits per heavy atom. The molecule has 0 aliphatic heterocycles. The molecule has 1 N–H and O–H groups in total. The summed E-state index contributed by atoms with van der Waals surface area (Å²) in [4.78, 5) is 37.4. The molecule has 2 atom stereocenters. The van der Waals surface area contributed by atoms with Crippen molar-refractivity contribution in [2.24, 2.45) is 0 Å². The number of unbranched alkanes of at least 4 members (excludes halogenated alkanes) is 29. The molecule has 412 valence electrons. The Kier molecular flexibility index (Phi) is 51.0. The van der Waals surface area contributed by atoms with E-state index in [2.05, 4.69) is 74.6 Å². The fourth-order valence-corrected chi connectivity index (χ4v) is 8.24. The highest BCUT2D eigenvalue weighted by molar-refractivity contribution is 5.71. The maximum Gasteiger partial charge on any atom is 0.361 e. The third kappa shape index (κ3) is 54.6. The van der Waals surface area contributed by atoms with Crippen LogP contribution in [0.4, 0.5) is 0 Å². The van der Waals surface area contributed by atoms with E-state index in [0.717, 1.165) is 77.0 Å². The van der Waals surface area contributed by atoms with Gasteiger partial charge in [-0.25, -0.2) is 4.79 Å². The maximum atomic E-state index is 12.8. The highest BCUT2D eigenvalue weighted by Gasteiger charge is 2.25. The van der Waals surface area contributed by atoms with Gasteiger partial charge in [0.05, 0.1) is 34.4 Å². The lowest BCUT2D eigenvalue weighted by Gasteiger charge is -2.25. The van der Waals surface area contributed by atoms with Gasteiger partial charge < -0.3 is 28.5 Å². The van der Waals surface area contributed by atoms with Crippen molar-refractivity contribution in [3.63, 3.8) is 0 Å². The Hall–Kier alpha value is -3.01. The quantitative estimate of drug-likeness (QED) is 0.0211. The molecule has 9 heteroatoms. The first-order valence-corrected chi connectivity index (χ1v) is 29.5. The molecule has 0 rings (SSSR count). The number of likely N-dealkylation sites (N-methyl/N-ethyl adjacent to an activating group) is 1. The molecule has 0 aromatic rings. The fraction of sp³-hybridized carbons (Fsp3) is 0.790. The number of carbonyl (C=O) groups excluding carboxylic acids is 2. The van der Waals surface area contributed by atoms with E-state index in [1.807, 2.05) is 21.1 Å². The average molecular weight is 1000 g/mol. The first-order valence-electron chi connectivity index (χ1n) is 29.5. The number of rotatable bonds is 54. The average Bonchev–Trinajstić information content (AvgIpc) is 3.34. The van der Waals surface area contributed by atoms with Crippen LogP contribution in [0.2, 0.25) is 0 Å². The molecule has 0 saturated heterocycles. The Morgan fingerprint density at radius 1 is 0.437 bits per heavy atom. The van der Waals surface area contributed by atoms with Crippen molar-refractivity contribution in [1.29, 1.82) is 0 Å². The highest BCUT2D eigenvalue weighted by atomic mass is 16.7. The molecule has 0 aliphatic carbocycles. The predicted octanol–water partition coefficient (Wildman–Crippen LogP) is 17.2. The zero-order chi connectivity index (χ0) is 52.0. The van der Waals surface area contributed by atoms with Gasteiger partial charge in [-0.1, -0.05) is 229 Å². The molecule has 0 aromatic carbocycles. The number of quaternary nitrogens is 1. The van der Waals surface area contributed by atoms with Crippen LogP contribution < -0.4 is 0 Å². The van der Waals surface area contributed by atoms with Crippen molar-refractivity contribution in [2.45, 2.75) is 270 Å². The van der Waals surface area contributed by atoms with Crippen LogP contribution in [0.5, 0.6) is 0 Å². The van der Waals surface area contributed by atoms with Crippen LogP contribution in [-0.4, -0.2) is 87.4 Å². The summed E-state index contributed by atoms with van der Waals surface area (Å²) in [6, 6.07) is 0. The summed E-state index contributed by atoms with van der Waals surface area (Å²) >= 11 is 0. The van der Waals surface area contributed by atoms with E-state index >= 15 is 0 Å². The summed E-state index contributed by atoms with van der Waals surface area (Å²) in [5.41, 5.74) is 0. The van der Waals surface area contributed by atoms with Crippen LogP contribution in [0.25, 0.3) is 0 Å². The van der Waals surface area contributed by atoms with Crippen LogP contribution in [0.1, 0.15) is 258 Å². The molecule has 0 radical (unpaired) electrons. The number of esters is 2. The minimum atomic E-state index is -1.52. The van der Waals surface area contributed by atoms with Crippen LogP contribution in [0, 0.1) is 0 Å². The predicted molar refractivity (Wildman–Crippen MR) is 300 cm³/mol. The molecule has 0 amide bonds. The molecule has 0 saturated carbocycles. The molecule has 0 heterocycles. The molecule has 9 nitrogen and oxygen atoms in total. The Morgan fingerprint density at radius 2 is 0.803 bits per heavy atom. The van der Waals surface area contributed by atoms with Gasteiger partial charge in [-0.05, 0) is 77.0 Å². The standard InChI is InChI=1S/C62H111NO8/c1-6-8-10-12-14-16-18-20-22-23-24-25-26-27-28-29-30-31-32-33-34-35-36-37-39-40-42-44-46-48-50-52-59(64)69-56-58(57-70-62(61(66)67)68-55-54-63(3,4)5)71-60(65)53-51-49-47-45-43-41-38-21-19-17-15-13-11-9-7-2/h9,11,15,17-18,20-21,23-24,38,58,62H,6-8,10,12-14,16,19,22,25-37,39-57H2,1-5H3/p+1/b11-9-,17-15-,20-18-,24-23-,38-21-. The minimum absolute atomic E-state index is 0.183. The number of ether oxygens (including phenoxy) is 4. The maximum absolute atomic E-state index is 12.8. The second-order valence-electron chi connectivity index (χ2n) is 20.9. The van der Waals surface area contributed by atoms with Gasteiger partial charge in [-0.15, -0.1) is 0 Å². The molecule has 0 aliphatic rings. The number of allylic oxidation sites excluding steroid dienone is 10. The largest absolute Gasteiger partial charge is 0.477 e. The Bertz CT molecular complexity index is 1350. The van der Waals surface area contributed by atoms with E-state index < -0.39 is 24.3 Å². The van der Waals surface area contributed by atoms with Gasteiger partial charge in [-0.3, -0.25) is 9.59 Å². The lowest BCUT2D eigenvalue weighted by molar-refractivity contribution is -0.870. The van der Waals surface area contributed by atoms with Crippen molar-refractivity contribution in [3.8, 4) is 0 Å². The van der Waals surface area contributed by atoms with Crippen LogP contribution in [0.3, 0.4) is 0 Å². The van der Waals surface area contributed by atoms with Crippen molar-refractivity contribution in [3.05, 3.63) is 60.8 Å². The van der Waals surface area contributed by atoms with E-state index in [0.29, 0.717) is 23.9 Å². The zero-order valence-corrected chi connectivity index (χ0v) is 46.9. The van der Waals surface area contributed by atoms with Crippen molar-refractivity contribution >= 4 is 17.9 Å². The fourth-order valence-electron chi connectivity index (χ4n) is 8.24. The smallest absolute Gasteiger partial charge is 0.361 e. The molecule has 2 unspecified atom stereocenters. The van der Waals surface area contributed by atoms with Gasteiger partial charge in [0, 0.05) is 12.8 Å². The van der Waals surface area contributed by atoms with E-state index in [9.17, 15) is 19.5 Å². The molecule has 0 bridgehead atoms. The van der Waals surface area contributed by atoms with Gasteiger partial charge in [0.1, 0.15) is 13.2 Å². The van der Waals surface area contributed by atoms with Gasteiger partial charge in [0.15, 0.2) is 6.10 Å². The summed E-state index contributed by atoms with van der Waals surface area (Å²) in [7, 11) is 5.96. The second kappa shape index (κ2) is 53.3. The number of hydrogen-bond donors (Lipinski definition) is 1. The monoisotopic (exact) mass is 999 g/mol. The summed E-state index contributed by atoms with van der Waals surface area (Å²) in [5, 5.41) is 9.69. The summed E-state index contributed by atoms with van der Waals surface area (Å²) < 4.78 is 22.8. The normalized spacial score (nSPS) is 13.2. The zero-order valence-electron chi connectivity index (χ0n) is 46.9. The van der Waals surface area contributed by atoms with E-state index in [-0.39, 0.29) is 32.2 Å². The van der Waals surface area contributed by atoms with Crippen molar-refractivity contribution in [1.82, 2.24) is 0 Å². The van der Waals surface area contributed by atoms with Crippen molar-refractivity contribution in [2.75, 3.05) is 47.5 Å². The highest BCUT2D eigenvalue weighted by Crippen LogP contribution is 2.17. The summed E-state index contributed by atoms with van der Waals surface area (Å²) in [5.74, 6) is -2.02. The van der Waals surface area contributed by atoms with Gasteiger partial charge in [-0.2, -0.15) is 0 Å². The molecule has 0 fully saturated rings. The number of aliphatic carboxylic acids is 1. The Balaban J connectivity index is 4.10. The lowest BCUT2D eigenvalue weighted by Crippen LogP contribution is -2.40. The van der Waals surface area contributed by atoms with Crippen molar-refractivity contribution < 1.29 is 42.9 Å². The number of carboxylic acids is 1. The third-order valence-electron chi connectivity index (χ3n) is 12.8. The third-order valence-corrected chi connectivity index (χ3v) is 12.8. The van der Waals surface area contributed by atoms with Gasteiger partial charge in [0.2, 0.25) is 0 Å². The van der Waals surface area contributed by atoms with Crippen LogP contribution >= 0.6 is 0 Å². The van der Waals surface area contributed by atoms with E-state index in [1.54, 1.807) is 0 Å². The van der Waals surface area contributed by atoms with Crippen LogP contribution in [-0.2, 0) is 33.3 Å². The molecular weight excluding hydrogens is 887 g/mol. The molecule has 71 heavy (non-hydrogen) atoms. The molecule has 0 aromatic heterocycles. The molecule has 0 spiro atoms. The number of carbonyl (C=O) groups is 3. The number of nitrogens with zero attached hydrogens (tertiary/aromatic N) is 1. The van der Waals surface area contributed by atoms with Gasteiger partial charge >= 0.3 is 17.9 Å². The first kappa shape index (κ1) is 68.0. The summed E-state index contributed by atoms with van der Waals surface area (Å²) in [6.45, 7) is 4.75. The topological polar surface area (TPSA) is 108 Å². The number of carboxylic acid groups (broad SMARTS) is 1. The SMILES string of the molecule is CC/C=C\C/C=C\C/C=C\CCCCCCCC(=O)OC(COC(=O)CCCCCCCCCCCCCCCCCCCCC/C=C\C/C=C\CCCCCCC)COC(OCC[N+](C)(C)C)C(=O)O. The Labute approximate surface area is 437 Å². The van der Waals surface area contributed by atoms with E-state index in [4.69, 9.17) is 18.9 Å². The summed E-state index contributed by atoms with van der Waals surface area (Å²) in [6.07, 6.45) is 64.6. The minimum Gasteiger partial charge on any atom is -0.477 e. The van der Waals surface area contributed by atoms with Crippen LogP contribution in [0.15, 0.2) is 60.8 Å². The van der Waals surface area contributed by atoms with Gasteiger partial charge in [0.25, 0.3) is 6.29 Å².